The zero-order valence-corrected chi connectivity index (χ0v) is 21.6. The van der Waals surface area contributed by atoms with E-state index in [2.05, 4.69) is 20.8 Å². The molecule has 188 valence electrons. The van der Waals surface area contributed by atoms with Crippen LogP contribution >= 0.6 is 11.8 Å². The Labute approximate surface area is 213 Å². The number of aromatic nitrogens is 4. The zero-order valence-electron chi connectivity index (χ0n) is 20.8. The summed E-state index contributed by atoms with van der Waals surface area (Å²) < 4.78 is 3.33. The maximum atomic E-state index is 13.5. The van der Waals surface area contributed by atoms with E-state index >= 15 is 0 Å². The number of carbonyl (C=O) groups is 2. The predicted octanol–water partition coefficient (Wildman–Crippen LogP) is 3.24. The molecule has 2 aromatic heterocycles. The monoisotopic (exact) mass is 506 g/mol. The average molecular weight is 507 g/mol. The van der Waals surface area contributed by atoms with Crippen molar-refractivity contribution < 1.29 is 9.59 Å². The number of hydrogen-bond donors (Lipinski definition) is 2. The third kappa shape index (κ3) is 5.43. The molecule has 9 nitrogen and oxygen atoms in total. The SMILES string of the molecule is CCC(C)NC(=O)CSc1nnc2n(Cc3ccccc3)c(=O)c3ccc(C(=O)NC(C)C)cc3n12. The first-order chi connectivity index (χ1) is 17.3. The molecule has 0 aliphatic carbocycles. The van der Waals surface area contributed by atoms with E-state index in [9.17, 15) is 14.4 Å². The van der Waals surface area contributed by atoms with Gasteiger partial charge in [0.1, 0.15) is 0 Å². The van der Waals surface area contributed by atoms with Crippen molar-refractivity contribution in [2.75, 3.05) is 5.75 Å². The number of fused-ring (bicyclic) bond motifs is 3. The van der Waals surface area contributed by atoms with Gasteiger partial charge in [-0.1, -0.05) is 49.0 Å². The third-order valence-electron chi connectivity index (χ3n) is 5.79. The lowest BCUT2D eigenvalue weighted by Crippen LogP contribution is -2.33. The Kier molecular flexibility index (Phi) is 7.73. The smallest absolute Gasteiger partial charge is 0.263 e. The fourth-order valence-corrected chi connectivity index (χ4v) is 4.57. The summed E-state index contributed by atoms with van der Waals surface area (Å²) in [6, 6.07) is 14.7. The van der Waals surface area contributed by atoms with E-state index in [0.717, 1.165) is 12.0 Å². The molecule has 0 saturated carbocycles. The van der Waals surface area contributed by atoms with Gasteiger partial charge in [0.2, 0.25) is 11.7 Å². The number of amides is 2. The van der Waals surface area contributed by atoms with Crippen molar-refractivity contribution >= 4 is 40.3 Å². The van der Waals surface area contributed by atoms with E-state index in [1.54, 1.807) is 27.2 Å². The molecule has 2 heterocycles. The van der Waals surface area contributed by atoms with Crippen LogP contribution in [0.2, 0.25) is 0 Å². The molecule has 0 spiro atoms. The van der Waals surface area contributed by atoms with E-state index in [1.807, 2.05) is 58.0 Å². The molecule has 0 aliphatic heterocycles. The van der Waals surface area contributed by atoms with Crippen molar-refractivity contribution in [3.05, 3.63) is 70.0 Å². The summed E-state index contributed by atoms with van der Waals surface area (Å²) in [5.41, 5.74) is 1.66. The van der Waals surface area contributed by atoms with Crippen LogP contribution in [0.1, 0.15) is 50.0 Å². The normalized spacial score (nSPS) is 12.2. The van der Waals surface area contributed by atoms with Gasteiger partial charge in [-0.2, -0.15) is 0 Å². The molecule has 4 aromatic rings. The molecule has 0 radical (unpaired) electrons. The molecular weight excluding hydrogens is 476 g/mol. The van der Waals surface area contributed by atoms with Gasteiger partial charge >= 0.3 is 0 Å². The van der Waals surface area contributed by atoms with Crippen molar-refractivity contribution in [1.29, 1.82) is 0 Å². The standard InChI is InChI=1S/C26H30N6O3S/c1-5-17(4)28-22(33)15-36-26-30-29-25-31(14-18-9-7-6-8-10-18)24(35)20-12-11-19(13-21(20)32(25)26)23(34)27-16(2)3/h6-13,16-17H,5,14-15H2,1-4H3,(H,27,34)(H,28,33). The van der Waals surface area contributed by atoms with Crippen LogP contribution in [-0.2, 0) is 11.3 Å². The highest BCUT2D eigenvalue weighted by Gasteiger charge is 2.20. The number of thioether (sulfide) groups is 1. The summed E-state index contributed by atoms with van der Waals surface area (Å²) in [5, 5.41) is 15.4. The Morgan fingerprint density at radius 1 is 1.03 bits per heavy atom. The third-order valence-corrected chi connectivity index (χ3v) is 6.72. The van der Waals surface area contributed by atoms with E-state index in [4.69, 9.17) is 0 Å². The molecule has 4 rings (SSSR count). The van der Waals surface area contributed by atoms with Crippen molar-refractivity contribution in [3.63, 3.8) is 0 Å². The van der Waals surface area contributed by atoms with Gasteiger partial charge in [-0.25, -0.2) is 0 Å². The van der Waals surface area contributed by atoms with E-state index < -0.39 is 0 Å². The molecule has 36 heavy (non-hydrogen) atoms. The first kappa shape index (κ1) is 25.4. The molecule has 0 fully saturated rings. The molecule has 1 atom stereocenters. The van der Waals surface area contributed by atoms with E-state index in [-0.39, 0.29) is 35.2 Å². The lowest BCUT2D eigenvalue weighted by Gasteiger charge is -2.14. The van der Waals surface area contributed by atoms with Gasteiger partial charge in [0.25, 0.3) is 11.5 Å². The largest absolute Gasteiger partial charge is 0.353 e. The molecular formula is C26H30N6O3S. The van der Waals surface area contributed by atoms with Crippen LogP contribution in [0.15, 0.2) is 58.5 Å². The van der Waals surface area contributed by atoms with Gasteiger partial charge < -0.3 is 10.6 Å². The Hall–Kier alpha value is -3.66. The second-order valence-corrected chi connectivity index (χ2v) is 9.96. The molecule has 2 aromatic carbocycles. The van der Waals surface area contributed by atoms with Gasteiger partial charge in [0.05, 0.1) is 23.2 Å². The van der Waals surface area contributed by atoms with Gasteiger partial charge in [-0.15, -0.1) is 10.2 Å². The summed E-state index contributed by atoms with van der Waals surface area (Å²) in [4.78, 5) is 38.7. The fourth-order valence-electron chi connectivity index (χ4n) is 3.82. The second-order valence-electron chi connectivity index (χ2n) is 9.02. The summed E-state index contributed by atoms with van der Waals surface area (Å²) in [5.74, 6) is 0.161. The van der Waals surface area contributed by atoms with Gasteiger partial charge in [0.15, 0.2) is 5.16 Å². The molecule has 0 bridgehead atoms. The number of hydrogen-bond acceptors (Lipinski definition) is 6. The maximum absolute atomic E-state index is 13.5. The number of rotatable bonds is 9. The Morgan fingerprint density at radius 2 is 1.78 bits per heavy atom. The minimum atomic E-state index is -0.233. The van der Waals surface area contributed by atoms with Crippen LogP contribution in [0, 0.1) is 0 Å². The van der Waals surface area contributed by atoms with Crippen LogP contribution in [0.25, 0.3) is 16.7 Å². The summed E-state index contributed by atoms with van der Waals surface area (Å²) in [6.45, 7) is 8.05. The van der Waals surface area contributed by atoms with Crippen LogP contribution in [0.5, 0.6) is 0 Å². The minimum Gasteiger partial charge on any atom is -0.353 e. The van der Waals surface area contributed by atoms with Gasteiger partial charge in [-0.3, -0.25) is 23.4 Å². The second kappa shape index (κ2) is 10.9. The highest BCUT2D eigenvalue weighted by Crippen LogP contribution is 2.23. The van der Waals surface area contributed by atoms with Crippen molar-refractivity contribution in [2.45, 2.75) is 57.9 Å². The number of nitrogens with one attached hydrogen (secondary N) is 2. The van der Waals surface area contributed by atoms with Crippen LogP contribution in [-0.4, -0.2) is 48.8 Å². The van der Waals surface area contributed by atoms with Crippen LogP contribution < -0.4 is 16.2 Å². The van der Waals surface area contributed by atoms with Crippen LogP contribution in [0.4, 0.5) is 0 Å². The van der Waals surface area contributed by atoms with Crippen molar-refractivity contribution in [2.24, 2.45) is 0 Å². The number of benzene rings is 2. The van der Waals surface area contributed by atoms with E-state index in [1.165, 1.54) is 11.8 Å². The molecule has 0 aliphatic rings. The summed E-state index contributed by atoms with van der Waals surface area (Å²) in [7, 11) is 0. The van der Waals surface area contributed by atoms with Gasteiger partial charge in [-0.05, 0) is 51.0 Å². The minimum absolute atomic E-state index is 0.0304. The zero-order chi connectivity index (χ0) is 25.8. The first-order valence-electron chi connectivity index (χ1n) is 12.0. The number of carbonyl (C=O) groups excluding carboxylic acids is 2. The number of nitrogens with zero attached hydrogens (tertiary/aromatic N) is 4. The maximum Gasteiger partial charge on any atom is 0.263 e. The molecule has 2 N–H and O–H groups in total. The predicted molar refractivity (Wildman–Crippen MR) is 142 cm³/mol. The summed E-state index contributed by atoms with van der Waals surface area (Å²) in [6.07, 6.45) is 0.835. The quantitative estimate of drug-likeness (QED) is 0.337. The fraction of sp³-hybridized carbons (Fsp3) is 0.346. The molecule has 10 heteroatoms. The van der Waals surface area contributed by atoms with Crippen molar-refractivity contribution in [3.8, 4) is 0 Å². The highest BCUT2D eigenvalue weighted by molar-refractivity contribution is 7.99. The topological polar surface area (TPSA) is 110 Å². The van der Waals surface area contributed by atoms with Gasteiger partial charge in [0, 0.05) is 17.6 Å². The lowest BCUT2D eigenvalue weighted by molar-refractivity contribution is -0.119. The Bertz CT molecular complexity index is 1460. The van der Waals surface area contributed by atoms with Crippen molar-refractivity contribution in [1.82, 2.24) is 29.8 Å². The van der Waals surface area contributed by atoms with Crippen LogP contribution in [0.3, 0.4) is 0 Å². The summed E-state index contributed by atoms with van der Waals surface area (Å²) >= 11 is 1.24. The Morgan fingerprint density at radius 3 is 2.47 bits per heavy atom. The lowest BCUT2D eigenvalue weighted by atomic mass is 10.1. The first-order valence-corrected chi connectivity index (χ1v) is 13.0. The van der Waals surface area contributed by atoms with E-state index in [0.29, 0.717) is 33.9 Å². The highest BCUT2D eigenvalue weighted by atomic mass is 32.2. The molecule has 2 amide bonds. The molecule has 1 unspecified atom stereocenters. The average Bonchev–Trinajstić information content (AvgIpc) is 3.29. The Balaban J connectivity index is 1.84. The molecule has 0 saturated heterocycles.